The molecule has 2 amide bonds. The lowest BCUT2D eigenvalue weighted by Crippen LogP contribution is -2.34. The molecule has 7 nitrogen and oxygen atoms in total. The lowest BCUT2D eigenvalue weighted by molar-refractivity contribution is -0.147. The molecule has 0 unspecified atom stereocenters. The highest BCUT2D eigenvalue weighted by Crippen LogP contribution is 2.12. The van der Waals surface area contributed by atoms with Crippen molar-refractivity contribution in [1.82, 2.24) is 10.6 Å². The summed E-state index contributed by atoms with van der Waals surface area (Å²) in [5.74, 6) is -0.698. The number of amides is 2. The number of unbranched alkanes of at least 4 members (excludes halogenated alkanes) is 3. The molecule has 0 aliphatic carbocycles. The molecular weight excluding hydrogens is 348 g/mol. The molecule has 0 bridgehead atoms. The topological polar surface area (TPSA) is 93.7 Å². The van der Waals surface area contributed by atoms with Crippen molar-refractivity contribution in [2.45, 2.75) is 46.0 Å². The van der Waals surface area contributed by atoms with Crippen LogP contribution >= 0.6 is 0 Å². The molecule has 0 atom stereocenters. The second-order valence-electron chi connectivity index (χ2n) is 6.13. The quantitative estimate of drug-likeness (QED) is 0.406. The summed E-state index contributed by atoms with van der Waals surface area (Å²) in [6.45, 7) is 4.73. The first kappa shape index (κ1) is 22.5. The van der Waals surface area contributed by atoms with E-state index in [4.69, 9.17) is 9.47 Å². The SMILES string of the molecule is CCCCCNC(=O)COC(=O)CNC(=O)c1ccc(OCCCC)cc1. The highest BCUT2D eigenvalue weighted by molar-refractivity contribution is 5.96. The number of rotatable bonds is 13. The van der Waals surface area contributed by atoms with Crippen LogP contribution in [0.3, 0.4) is 0 Å². The second kappa shape index (κ2) is 13.6. The molecule has 0 aliphatic heterocycles. The van der Waals surface area contributed by atoms with Crippen LogP contribution < -0.4 is 15.4 Å². The van der Waals surface area contributed by atoms with Gasteiger partial charge in [-0.25, -0.2) is 0 Å². The molecule has 27 heavy (non-hydrogen) atoms. The van der Waals surface area contributed by atoms with E-state index in [1.54, 1.807) is 24.3 Å². The van der Waals surface area contributed by atoms with Crippen molar-refractivity contribution in [3.05, 3.63) is 29.8 Å². The Hall–Kier alpha value is -2.57. The first-order valence-corrected chi connectivity index (χ1v) is 9.50. The maximum absolute atomic E-state index is 12.0. The fraction of sp³-hybridized carbons (Fsp3) is 0.550. The van der Waals surface area contributed by atoms with E-state index < -0.39 is 11.9 Å². The third-order valence-electron chi connectivity index (χ3n) is 3.74. The number of hydrogen-bond donors (Lipinski definition) is 2. The lowest BCUT2D eigenvalue weighted by atomic mass is 10.2. The number of benzene rings is 1. The van der Waals surface area contributed by atoms with Crippen molar-refractivity contribution >= 4 is 17.8 Å². The molecule has 0 saturated heterocycles. The largest absolute Gasteiger partial charge is 0.494 e. The number of ether oxygens (including phenoxy) is 2. The van der Waals surface area contributed by atoms with Crippen molar-refractivity contribution in [2.75, 3.05) is 26.3 Å². The Morgan fingerprint density at radius 1 is 0.926 bits per heavy atom. The molecule has 7 heteroatoms. The summed E-state index contributed by atoms with van der Waals surface area (Å²) in [5.41, 5.74) is 0.416. The number of esters is 1. The normalized spacial score (nSPS) is 10.1. The van der Waals surface area contributed by atoms with E-state index in [0.717, 1.165) is 32.1 Å². The van der Waals surface area contributed by atoms with Crippen LogP contribution in [0.5, 0.6) is 5.75 Å². The van der Waals surface area contributed by atoms with Crippen LogP contribution in [0.1, 0.15) is 56.3 Å². The van der Waals surface area contributed by atoms with E-state index >= 15 is 0 Å². The predicted octanol–water partition coefficient (Wildman–Crippen LogP) is 2.44. The maximum atomic E-state index is 12.0. The Kier molecular flexibility index (Phi) is 11.3. The van der Waals surface area contributed by atoms with Gasteiger partial charge in [-0.2, -0.15) is 0 Å². The summed E-state index contributed by atoms with van der Waals surface area (Å²) < 4.78 is 10.4. The minimum absolute atomic E-state index is 0.295. The van der Waals surface area contributed by atoms with Gasteiger partial charge in [0.1, 0.15) is 12.3 Å². The monoisotopic (exact) mass is 378 g/mol. The summed E-state index contributed by atoms with van der Waals surface area (Å²) in [6.07, 6.45) is 5.03. The second-order valence-corrected chi connectivity index (χ2v) is 6.13. The van der Waals surface area contributed by atoms with Gasteiger partial charge >= 0.3 is 5.97 Å². The molecule has 1 rings (SSSR count). The molecule has 1 aromatic carbocycles. The number of hydrogen-bond acceptors (Lipinski definition) is 5. The van der Waals surface area contributed by atoms with Gasteiger partial charge in [0.2, 0.25) is 0 Å². The lowest BCUT2D eigenvalue weighted by Gasteiger charge is -2.08. The first-order valence-electron chi connectivity index (χ1n) is 9.50. The van der Waals surface area contributed by atoms with E-state index in [2.05, 4.69) is 24.5 Å². The number of carbonyl (C=O) groups excluding carboxylic acids is 3. The molecule has 0 fully saturated rings. The molecule has 2 N–H and O–H groups in total. The van der Waals surface area contributed by atoms with E-state index in [-0.39, 0.29) is 19.1 Å². The molecule has 0 heterocycles. The van der Waals surface area contributed by atoms with Crippen LogP contribution in [0.2, 0.25) is 0 Å². The summed E-state index contributed by atoms with van der Waals surface area (Å²) in [6, 6.07) is 6.69. The van der Waals surface area contributed by atoms with Gasteiger partial charge in [0.25, 0.3) is 11.8 Å². The zero-order valence-electron chi connectivity index (χ0n) is 16.2. The molecule has 1 aromatic rings. The predicted molar refractivity (Wildman–Crippen MR) is 103 cm³/mol. The van der Waals surface area contributed by atoms with Gasteiger partial charge in [0.15, 0.2) is 6.61 Å². The van der Waals surface area contributed by atoms with Gasteiger partial charge < -0.3 is 20.1 Å². The molecule has 0 aromatic heterocycles. The van der Waals surface area contributed by atoms with Crippen molar-refractivity contribution in [2.24, 2.45) is 0 Å². The van der Waals surface area contributed by atoms with Gasteiger partial charge in [0, 0.05) is 12.1 Å². The van der Waals surface area contributed by atoms with Crippen LogP contribution in [0.25, 0.3) is 0 Å². The Morgan fingerprint density at radius 3 is 2.30 bits per heavy atom. The molecule has 0 saturated carbocycles. The third kappa shape index (κ3) is 10.2. The van der Waals surface area contributed by atoms with E-state index in [1.807, 2.05) is 0 Å². The maximum Gasteiger partial charge on any atom is 0.325 e. The van der Waals surface area contributed by atoms with Crippen LogP contribution in [0.4, 0.5) is 0 Å². The molecule has 0 aliphatic rings. The van der Waals surface area contributed by atoms with E-state index in [9.17, 15) is 14.4 Å². The molecule has 0 spiro atoms. The summed E-state index contributed by atoms with van der Waals surface area (Å²) in [4.78, 5) is 35.2. The van der Waals surface area contributed by atoms with E-state index in [0.29, 0.717) is 24.5 Å². The van der Waals surface area contributed by atoms with Gasteiger partial charge in [-0.05, 0) is 37.1 Å². The molecule has 150 valence electrons. The van der Waals surface area contributed by atoms with Gasteiger partial charge in [0.05, 0.1) is 6.61 Å². The Morgan fingerprint density at radius 2 is 1.63 bits per heavy atom. The van der Waals surface area contributed by atoms with Gasteiger partial charge in [-0.1, -0.05) is 33.1 Å². The Balaban J connectivity index is 2.24. The summed E-state index contributed by atoms with van der Waals surface area (Å²) >= 11 is 0. The smallest absolute Gasteiger partial charge is 0.325 e. The third-order valence-corrected chi connectivity index (χ3v) is 3.74. The molecular formula is C20H30N2O5. The Bertz CT molecular complexity index is 587. The van der Waals surface area contributed by atoms with Crippen molar-refractivity contribution < 1.29 is 23.9 Å². The van der Waals surface area contributed by atoms with E-state index in [1.165, 1.54) is 0 Å². The Labute approximate surface area is 160 Å². The first-order chi connectivity index (χ1) is 13.1. The highest BCUT2D eigenvalue weighted by atomic mass is 16.5. The van der Waals surface area contributed by atoms with Crippen LogP contribution in [-0.2, 0) is 14.3 Å². The fourth-order valence-corrected chi connectivity index (χ4v) is 2.14. The standard InChI is InChI=1S/C20H30N2O5/c1-3-5-7-12-21-18(23)15-27-19(24)14-22-20(25)16-8-10-17(11-9-16)26-13-6-4-2/h8-11H,3-7,12-15H2,1-2H3,(H,21,23)(H,22,25). The summed E-state index contributed by atoms with van der Waals surface area (Å²) in [5, 5.41) is 5.14. The minimum Gasteiger partial charge on any atom is -0.494 e. The number of carbonyl (C=O) groups is 3. The van der Waals surface area contributed by atoms with Crippen molar-refractivity contribution in [3.8, 4) is 5.75 Å². The zero-order valence-corrected chi connectivity index (χ0v) is 16.2. The van der Waals surface area contributed by atoms with Crippen LogP contribution in [0.15, 0.2) is 24.3 Å². The number of nitrogens with one attached hydrogen (secondary N) is 2. The molecule has 0 radical (unpaired) electrons. The zero-order chi connectivity index (χ0) is 19.9. The summed E-state index contributed by atoms with van der Waals surface area (Å²) in [7, 11) is 0. The van der Waals surface area contributed by atoms with Gasteiger partial charge in [-0.3, -0.25) is 14.4 Å². The highest BCUT2D eigenvalue weighted by Gasteiger charge is 2.11. The van der Waals surface area contributed by atoms with Crippen LogP contribution in [-0.4, -0.2) is 44.1 Å². The van der Waals surface area contributed by atoms with Crippen LogP contribution in [0, 0.1) is 0 Å². The average molecular weight is 378 g/mol. The average Bonchev–Trinajstić information content (AvgIpc) is 2.68. The van der Waals surface area contributed by atoms with Gasteiger partial charge in [-0.15, -0.1) is 0 Å². The minimum atomic E-state index is -0.661. The van der Waals surface area contributed by atoms with Crippen molar-refractivity contribution in [3.63, 3.8) is 0 Å². The fourth-order valence-electron chi connectivity index (χ4n) is 2.14. The van der Waals surface area contributed by atoms with Crippen molar-refractivity contribution in [1.29, 1.82) is 0 Å².